The summed E-state index contributed by atoms with van der Waals surface area (Å²) in [5.74, 6) is 0. The van der Waals surface area contributed by atoms with Gasteiger partial charge in [-0.25, -0.2) is 0 Å². The van der Waals surface area contributed by atoms with Gasteiger partial charge in [0.2, 0.25) is 0 Å². The molecular formula is C16H15BrCl3N. The largest absolute Gasteiger partial charge is 0.304 e. The first-order chi connectivity index (χ1) is 9.91. The highest BCUT2D eigenvalue weighted by atomic mass is 79.9. The molecule has 0 heterocycles. The number of hydrogen-bond acceptors (Lipinski definition) is 1. The number of benzene rings is 2. The van der Waals surface area contributed by atoms with Crippen LogP contribution in [0.1, 0.15) is 37.1 Å². The van der Waals surface area contributed by atoms with Crippen LogP contribution in [-0.2, 0) is 0 Å². The number of rotatable bonds is 4. The SMILES string of the molecule is CC(N[C@H](C)c1ccccc1Br)c1ccc(Cl)c(Cl)c1Cl. The van der Waals surface area contributed by atoms with Crippen LogP contribution in [0.25, 0.3) is 0 Å². The van der Waals surface area contributed by atoms with E-state index in [1.54, 1.807) is 6.07 Å². The summed E-state index contributed by atoms with van der Waals surface area (Å²) in [4.78, 5) is 0. The van der Waals surface area contributed by atoms with Gasteiger partial charge >= 0.3 is 0 Å². The lowest BCUT2D eigenvalue weighted by Crippen LogP contribution is -2.23. The Balaban J connectivity index is 2.20. The summed E-state index contributed by atoms with van der Waals surface area (Å²) >= 11 is 21.9. The zero-order valence-electron chi connectivity index (χ0n) is 11.6. The van der Waals surface area contributed by atoms with Gasteiger partial charge < -0.3 is 5.32 Å². The minimum atomic E-state index is 0.0503. The minimum Gasteiger partial charge on any atom is -0.304 e. The molecule has 0 aliphatic rings. The summed E-state index contributed by atoms with van der Waals surface area (Å²) in [6.45, 7) is 4.17. The lowest BCUT2D eigenvalue weighted by molar-refractivity contribution is 0.493. The Labute approximate surface area is 148 Å². The molecule has 1 unspecified atom stereocenters. The van der Waals surface area contributed by atoms with Crippen LogP contribution in [0.4, 0.5) is 0 Å². The normalized spacial score (nSPS) is 14.0. The maximum atomic E-state index is 6.29. The molecule has 5 heteroatoms. The molecule has 0 amide bonds. The second-order valence-electron chi connectivity index (χ2n) is 4.90. The molecule has 1 N–H and O–H groups in total. The maximum absolute atomic E-state index is 6.29. The van der Waals surface area contributed by atoms with Gasteiger partial charge in [-0.3, -0.25) is 0 Å². The van der Waals surface area contributed by atoms with Gasteiger partial charge in [-0.2, -0.15) is 0 Å². The molecule has 2 aromatic carbocycles. The Morgan fingerprint density at radius 2 is 1.48 bits per heavy atom. The molecule has 0 saturated heterocycles. The first kappa shape index (κ1) is 17.1. The first-order valence-electron chi connectivity index (χ1n) is 6.55. The van der Waals surface area contributed by atoms with Gasteiger partial charge in [0.15, 0.2) is 0 Å². The Morgan fingerprint density at radius 1 is 0.857 bits per heavy atom. The first-order valence-corrected chi connectivity index (χ1v) is 8.48. The number of hydrogen-bond donors (Lipinski definition) is 1. The molecule has 0 bridgehead atoms. The van der Waals surface area contributed by atoms with Crippen molar-refractivity contribution >= 4 is 50.7 Å². The molecule has 21 heavy (non-hydrogen) atoms. The van der Waals surface area contributed by atoms with Crippen molar-refractivity contribution in [2.24, 2.45) is 0 Å². The number of nitrogens with one attached hydrogen (secondary N) is 1. The predicted octanol–water partition coefficient (Wildman–Crippen LogP) is 6.82. The van der Waals surface area contributed by atoms with Gasteiger partial charge in [0, 0.05) is 16.6 Å². The third kappa shape index (κ3) is 3.94. The summed E-state index contributed by atoms with van der Waals surface area (Å²) in [5, 5.41) is 4.90. The Kier molecular flexibility index (Phi) is 5.98. The average molecular weight is 408 g/mol. The van der Waals surface area contributed by atoms with Crippen LogP contribution in [0.15, 0.2) is 40.9 Å². The molecule has 2 aromatic rings. The van der Waals surface area contributed by atoms with Gasteiger partial charge in [-0.15, -0.1) is 0 Å². The van der Waals surface area contributed by atoms with Crippen molar-refractivity contribution in [2.45, 2.75) is 25.9 Å². The molecule has 0 fully saturated rings. The fourth-order valence-electron chi connectivity index (χ4n) is 2.26. The zero-order valence-corrected chi connectivity index (χ0v) is 15.5. The highest BCUT2D eigenvalue weighted by Crippen LogP contribution is 2.36. The third-order valence-corrected chi connectivity index (χ3v) is 5.43. The van der Waals surface area contributed by atoms with Crippen molar-refractivity contribution in [3.63, 3.8) is 0 Å². The van der Waals surface area contributed by atoms with Crippen molar-refractivity contribution in [1.82, 2.24) is 5.32 Å². The molecular weight excluding hydrogens is 392 g/mol. The Bertz CT molecular complexity index is 645. The summed E-state index contributed by atoms with van der Waals surface area (Å²) in [5.41, 5.74) is 2.13. The van der Waals surface area contributed by atoms with Crippen molar-refractivity contribution in [1.29, 1.82) is 0 Å². The highest BCUT2D eigenvalue weighted by molar-refractivity contribution is 9.10. The zero-order chi connectivity index (χ0) is 15.6. The van der Waals surface area contributed by atoms with E-state index in [1.807, 2.05) is 24.3 Å². The van der Waals surface area contributed by atoms with Crippen molar-refractivity contribution in [3.05, 3.63) is 67.1 Å². The molecule has 2 rings (SSSR count). The van der Waals surface area contributed by atoms with E-state index in [9.17, 15) is 0 Å². The van der Waals surface area contributed by atoms with Crippen LogP contribution in [-0.4, -0.2) is 0 Å². The van der Waals surface area contributed by atoms with Gasteiger partial charge in [-0.05, 0) is 37.1 Å². The average Bonchev–Trinajstić information content (AvgIpc) is 2.45. The molecule has 2 atom stereocenters. The van der Waals surface area contributed by atoms with E-state index in [0.29, 0.717) is 15.1 Å². The molecule has 112 valence electrons. The Hall–Kier alpha value is -0.250. The summed E-state index contributed by atoms with van der Waals surface area (Å²) in [6, 6.07) is 12.0. The smallest absolute Gasteiger partial charge is 0.0781 e. The van der Waals surface area contributed by atoms with E-state index >= 15 is 0 Å². The topological polar surface area (TPSA) is 12.0 Å². The van der Waals surface area contributed by atoms with Crippen LogP contribution in [0.3, 0.4) is 0 Å². The van der Waals surface area contributed by atoms with Gasteiger partial charge in [-0.1, -0.05) is 75.0 Å². The maximum Gasteiger partial charge on any atom is 0.0781 e. The number of halogens is 4. The van der Waals surface area contributed by atoms with Crippen molar-refractivity contribution in [2.75, 3.05) is 0 Å². The van der Waals surface area contributed by atoms with Crippen molar-refractivity contribution in [3.8, 4) is 0 Å². The predicted molar refractivity (Wildman–Crippen MR) is 95.6 cm³/mol. The molecule has 0 radical (unpaired) electrons. The highest BCUT2D eigenvalue weighted by Gasteiger charge is 2.17. The molecule has 0 spiro atoms. The van der Waals surface area contributed by atoms with Gasteiger partial charge in [0.25, 0.3) is 0 Å². The fraction of sp³-hybridized carbons (Fsp3) is 0.250. The van der Waals surface area contributed by atoms with Crippen LogP contribution < -0.4 is 5.32 Å². The third-order valence-electron chi connectivity index (χ3n) is 3.40. The molecule has 1 nitrogen and oxygen atoms in total. The van der Waals surface area contributed by atoms with E-state index in [2.05, 4.69) is 41.2 Å². The van der Waals surface area contributed by atoms with Crippen LogP contribution >= 0.6 is 50.7 Å². The van der Waals surface area contributed by atoms with E-state index < -0.39 is 0 Å². The molecule has 0 aromatic heterocycles. The molecule has 0 aliphatic heterocycles. The van der Waals surface area contributed by atoms with Crippen LogP contribution in [0.2, 0.25) is 15.1 Å². The summed E-state index contributed by atoms with van der Waals surface area (Å²) in [7, 11) is 0. The molecule has 0 saturated carbocycles. The second-order valence-corrected chi connectivity index (χ2v) is 6.91. The van der Waals surface area contributed by atoms with Crippen LogP contribution in [0.5, 0.6) is 0 Å². The monoisotopic (exact) mass is 405 g/mol. The van der Waals surface area contributed by atoms with E-state index in [-0.39, 0.29) is 12.1 Å². The lowest BCUT2D eigenvalue weighted by Gasteiger charge is -2.23. The lowest BCUT2D eigenvalue weighted by atomic mass is 10.0. The van der Waals surface area contributed by atoms with Gasteiger partial charge in [0.1, 0.15) is 0 Å². The fourth-order valence-corrected chi connectivity index (χ4v) is 3.59. The summed E-state index contributed by atoms with van der Waals surface area (Å²) < 4.78 is 1.08. The van der Waals surface area contributed by atoms with E-state index in [0.717, 1.165) is 10.0 Å². The standard InChI is InChI=1S/C16H15BrCl3N/c1-9(11-5-3-4-6-13(11)17)21-10(2)12-7-8-14(18)16(20)15(12)19/h3-10,21H,1-2H3/t9-,10?/m1/s1. The second kappa shape index (κ2) is 7.34. The molecule has 0 aliphatic carbocycles. The summed E-state index contributed by atoms with van der Waals surface area (Å²) in [6.07, 6.45) is 0. The Morgan fingerprint density at radius 3 is 2.14 bits per heavy atom. The van der Waals surface area contributed by atoms with Crippen LogP contribution in [0, 0.1) is 0 Å². The van der Waals surface area contributed by atoms with E-state index in [1.165, 1.54) is 5.56 Å². The quantitative estimate of drug-likeness (QED) is 0.548. The van der Waals surface area contributed by atoms with E-state index in [4.69, 9.17) is 34.8 Å². The van der Waals surface area contributed by atoms with Crippen molar-refractivity contribution < 1.29 is 0 Å². The van der Waals surface area contributed by atoms with Gasteiger partial charge in [0.05, 0.1) is 15.1 Å². The minimum absolute atomic E-state index is 0.0503.